The maximum absolute atomic E-state index is 6.95. The van der Waals surface area contributed by atoms with Gasteiger partial charge in [0.05, 0.1) is 5.54 Å². The Bertz CT molecular complexity index is 176. The predicted molar refractivity (Wildman–Crippen MR) is 22.6 cm³/mol. The smallest absolute Gasteiger partial charge is 0.0860 e. The quantitative estimate of drug-likeness (QED) is 0.352. The molecule has 0 saturated heterocycles. The topological polar surface area (TPSA) is 27.6 Å². The Morgan fingerprint density at radius 3 is 1.83 bits per heavy atom. The lowest BCUT2D eigenvalue weighted by Gasteiger charge is -2.01. The van der Waals surface area contributed by atoms with Gasteiger partial charge in [-0.2, -0.15) is 0 Å². The second kappa shape index (κ2) is 2.43. The van der Waals surface area contributed by atoms with Gasteiger partial charge in [0.25, 0.3) is 0 Å². The molecular weight excluding hydrogens is 97.5 g/mol. The van der Waals surface area contributed by atoms with Crippen LogP contribution in [0.15, 0.2) is 0 Å². The van der Waals surface area contributed by atoms with E-state index in [1.807, 2.05) is 0 Å². The molecule has 0 aliphatic carbocycles. The minimum Gasteiger partial charge on any atom is -1.00 e. The van der Waals surface area contributed by atoms with Gasteiger partial charge in [-0.1, -0.05) is 0 Å². The lowest BCUT2D eigenvalue weighted by Crippen LogP contribution is -3.00. The van der Waals surface area contributed by atoms with Gasteiger partial charge in [-0.15, -0.1) is 0 Å². The Kier molecular flexibility index (Phi) is 0.397. The highest BCUT2D eigenvalue weighted by molar-refractivity contribution is 4.48. The number of rotatable bonds is 0. The van der Waals surface area contributed by atoms with Gasteiger partial charge in [0.1, 0.15) is 0 Å². The zero-order valence-electron chi connectivity index (χ0n) is 12.1. The average Bonchev–Trinajstić information content (AvgIpc) is 1.77. The molecule has 0 bridgehead atoms. The van der Waals surface area contributed by atoms with Crippen molar-refractivity contribution in [2.24, 2.45) is 0 Å². The summed E-state index contributed by atoms with van der Waals surface area (Å²) < 4.78 is 62.5. The van der Waals surface area contributed by atoms with Crippen LogP contribution < -0.4 is 18.1 Å². The predicted octanol–water partition coefficient (Wildman–Crippen LogP) is -2.97. The Morgan fingerprint density at radius 2 is 1.83 bits per heavy atom. The van der Waals surface area contributed by atoms with Crippen molar-refractivity contribution in [2.75, 3.05) is 0 Å². The fourth-order valence-electron chi connectivity index (χ4n) is 0. The number of halogens is 1. The van der Waals surface area contributed by atoms with Crippen molar-refractivity contribution >= 4 is 0 Å². The van der Waals surface area contributed by atoms with Crippen molar-refractivity contribution in [3.63, 3.8) is 0 Å². The fraction of sp³-hybridized carbons (Fsp3) is 1.00. The molecule has 0 radical (unpaired) electrons. The van der Waals surface area contributed by atoms with E-state index in [0.29, 0.717) is 0 Å². The first-order chi connectivity index (χ1) is 5.75. The van der Waals surface area contributed by atoms with Crippen LogP contribution in [0.1, 0.15) is 32.9 Å². The SMILES string of the molecule is [2H]C([2H])([2H])C([NH3+])(C([2H])([2H])[2H])C([2H])([2H])[2H].[Cl-]. The first kappa shape index (κ1) is 0.981. The van der Waals surface area contributed by atoms with E-state index in [1.54, 1.807) is 0 Å². The Morgan fingerprint density at radius 1 is 1.50 bits per heavy atom. The van der Waals surface area contributed by atoms with Crippen molar-refractivity contribution in [1.82, 2.24) is 0 Å². The highest BCUT2D eigenvalue weighted by atomic mass is 35.5. The molecule has 0 fully saturated rings. The molecule has 0 rings (SSSR count). The summed E-state index contributed by atoms with van der Waals surface area (Å²) in [5.74, 6) is 0. The monoisotopic (exact) mass is 118 g/mol. The molecule has 0 aromatic rings. The van der Waals surface area contributed by atoms with Gasteiger partial charge in [-0.05, 0) is 20.6 Å². The lowest BCUT2D eigenvalue weighted by atomic mass is 10.1. The zero-order chi connectivity index (χ0) is 12.0. The van der Waals surface area contributed by atoms with Crippen molar-refractivity contribution in [3.8, 4) is 0 Å². The third kappa shape index (κ3) is 718. The second-order valence-electron chi connectivity index (χ2n) is 0.905. The summed E-state index contributed by atoms with van der Waals surface area (Å²) in [5, 5.41) is 0. The summed E-state index contributed by atoms with van der Waals surface area (Å²) in [6, 6.07) is 0. The van der Waals surface area contributed by atoms with E-state index in [0.717, 1.165) is 0 Å². The van der Waals surface area contributed by atoms with E-state index < -0.39 is 26.1 Å². The van der Waals surface area contributed by atoms with Crippen LogP contribution >= 0.6 is 0 Å². The molecule has 0 amide bonds. The van der Waals surface area contributed by atoms with E-state index in [-0.39, 0.29) is 12.4 Å². The van der Waals surface area contributed by atoms with Crippen molar-refractivity contribution < 1.29 is 30.5 Å². The van der Waals surface area contributed by atoms with E-state index in [9.17, 15) is 0 Å². The summed E-state index contributed by atoms with van der Waals surface area (Å²) in [7, 11) is 0. The first-order valence-corrected chi connectivity index (χ1v) is 1.10. The van der Waals surface area contributed by atoms with Crippen LogP contribution in [-0.4, -0.2) is 5.54 Å². The molecule has 0 spiro atoms. The van der Waals surface area contributed by atoms with Crippen LogP contribution in [-0.2, 0) is 0 Å². The fourth-order valence-corrected chi connectivity index (χ4v) is 0. The molecule has 0 aromatic heterocycles. The normalized spacial score (nSPS) is 38.5. The molecular formula is C4H12ClN. The van der Waals surface area contributed by atoms with E-state index in [2.05, 4.69) is 5.73 Å². The van der Waals surface area contributed by atoms with Crippen molar-refractivity contribution in [1.29, 1.82) is 0 Å². The van der Waals surface area contributed by atoms with Crippen molar-refractivity contribution in [3.05, 3.63) is 0 Å². The van der Waals surface area contributed by atoms with E-state index >= 15 is 0 Å². The molecule has 3 N–H and O–H groups in total. The Hall–Kier alpha value is 0.250. The lowest BCUT2D eigenvalue weighted by molar-refractivity contribution is -0.458. The molecule has 0 saturated carbocycles. The summed E-state index contributed by atoms with van der Waals surface area (Å²) in [6.45, 7) is -9.49. The Balaban J connectivity index is 0. The largest absolute Gasteiger partial charge is 1.00 e. The molecule has 6 heavy (non-hydrogen) atoms. The Labute approximate surface area is 58.0 Å². The number of hydrogen-bond donors (Lipinski definition) is 1. The van der Waals surface area contributed by atoms with E-state index in [1.165, 1.54) is 0 Å². The maximum atomic E-state index is 6.95. The first-order valence-electron chi connectivity index (χ1n) is 5.60. The van der Waals surface area contributed by atoms with Gasteiger partial charge >= 0.3 is 0 Å². The highest BCUT2D eigenvalue weighted by Crippen LogP contribution is 1.84. The van der Waals surface area contributed by atoms with Crippen LogP contribution in [0.3, 0.4) is 0 Å². The van der Waals surface area contributed by atoms with Crippen molar-refractivity contribution in [2.45, 2.75) is 26.1 Å². The van der Waals surface area contributed by atoms with Crippen LogP contribution in [0.25, 0.3) is 0 Å². The molecule has 1 nitrogen and oxygen atoms in total. The molecule has 0 aromatic carbocycles. The van der Waals surface area contributed by atoms with Gasteiger partial charge in [0, 0.05) is 12.3 Å². The zero-order valence-corrected chi connectivity index (χ0v) is 3.84. The van der Waals surface area contributed by atoms with E-state index in [4.69, 9.17) is 12.3 Å². The van der Waals surface area contributed by atoms with Gasteiger partial charge < -0.3 is 18.1 Å². The summed E-state index contributed by atoms with van der Waals surface area (Å²) in [6.07, 6.45) is 0. The third-order valence-electron chi connectivity index (χ3n) is 0. The molecule has 0 aliphatic heterocycles. The van der Waals surface area contributed by atoms with Gasteiger partial charge in [0.2, 0.25) is 0 Å². The molecule has 0 atom stereocenters. The second-order valence-corrected chi connectivity index (χ2v) is 0.905. The minimum atomic E-state index is -3.16. The third-order valence-corrected chi connectivity index (χ3v) is 0. The number of quaternary nitrogens is 1. The van der Waals surface area contributed by atoms with Gasteiger partial charge in [-0.25, -0.2) is 0 Å². The number of hydrogen-bond acceptors (Lipinski definition) is 0. The van der Waals surface area contributed by atoms with Crippen LogP contribution in [0, 0.1) is 0 Å². The van der Waals surface area contributed by atoms with Gasteiger partial charge in [0.15, 0.2) is 0 Å². The van der Waals surface area contributed by atoms with Crippen LogP contribution in [0.5, 0.6) is 0 Å². The standard InChI is InChI=1S/C4H11N.ClH/c1-4(2,3)5;/h5H2,1-3H3;1H/i1D3,2D3,3D3;. The summed E-state index contributed by atoms with van der Waals surface area (Å²) in [5.41, 5.74) is -0.0417. The maximum Gasteiger partial charge on any atom is 0.0860 e. The molecule has 0 heterocycles. The van der Waals surface area contributed by atoms with Crippen LogP contribution in [0.2, 0.25) is 0 Å². The highest BCUT2D eigenvalue weighted by Gasteiger charge is 2.00. The molecule has 0 unspecified atom stereocenters. The molecule has 40 valence electrons. The summed E-state index contributed by atoms with van der Waals surface area (Å²) in [4.78, 5) is 0. The van der Waals surface area contributed by atoms with Gasteiger partial charge in [-0.3, -0.25) is 0 Å². The minimum absolute atomic E-state index is 0. The van der Waals surface area contributed by atoms with Crippen LogP contribution in [0.4, 0.5) is 0 Å². The molecule has 2 heteroatoms. The summed E-state index contributed by atoms with van der Waals surface area (Å²) >= 11 is 0. The average molecular weight is 119 g/mol. The molecule has 0 aliphatic rings.